The molecule has 0 spiro atoms. The minimum absolute atomic E-state index is 0.145. The van der Waals surface area contributed by atoms with Crippen LogP contribution < -0.4 is 5.73 Å². The maximum absolute atomic E-state index is 11.4. The zero-order valence-electron chi connectivity index (χ0n) is 8.79. The average molecular weight is 228 g/mol. The Bertz CT molecular complexity index is 364. The molecule has 3 nitrogen and oxygen atoms in total. The standard InChI is InChI=1S/C11H14ClNO2/c1-3-15-11(14)8-4-5-9(7(2)13)10(12)6-8/h4-7H,3,13H2,1-2H3/t7-/m1/s1. The number of halogens is 1. The van der Waals surface area contributed by atoms with Gasteiger partial charge in [0.1, 0.15) is 0 Å². The van der Waals surface area contributed by atoms with Gasteiger partial charge in [-0.3, -0.25) is 0 Å². The third-order valence-corrected chi connectivity index (χ3v) is 2.33. The molecule has 1 aromatic rings. The number of carbonyl (C=O) groups excluding carboxylic acids is 1. The van der Waals surface area contributed by atoms with Crippen LogP contribution in [-0.4, -0.2) is 12.6 Å². The van der Waals surface area contributed by atoms with Gasteiger partial charge in [-0.15, -0.1) is 0 Å². The van der Waals surface area contributed by atoms with Gasteiger partial charge in [0.05, 0.1) is 12.2 Å². The summed E-state index contributed by atoms with van der Waals surface area (Å²) in [5, 5.41) is 0.496. The normalized spacial score (nSPS) is 12.3. The molecule has 0 fully saturated rings. The Labute approximate surface area is 94.2 Å². The number of hydrogen-bond acceptors (Lipinski definition) is 3. The van der Waals surface area contributed by atoms with Gasteiger partial charge in [-0.05, 0) is 31.5 Å². The fourth-order valence-corrected chi connectivity index (χ4v) is 1.59. The summed E-state index contributed by atoms with van der Waals surface area (Å²) in [4.78, 5) is 11.4. The molecule has 15 heavy (non-hydrogen) atoms. The van der Waals surface area contributed by atoms with E-state index in [0.29, 0.717) is 17.2 Å². The van der Waals surface area contributed by atoms with Crippen LogP contribution in [0.15, 0.2) is 18.2 Å². The summed E-state index contributed by atoms with van der Waals surface area (Å²) >= 11 is 5.98. The van der Waals surface area contributed by atoms with Crippen LogP contribution in [0.3, 0.4) is 0 Å². The number of benzene rings is 1. The Hall–Kier alpha value is -1.06. The van der Waals surface area contributed by atoms with Gasteiger partial charge >= 0.3 is 5.97 Å². The first-order chi connectivity index (χ1) is 7.06. The van der Waals surface area contributed by atoms with Crippen molar-refractivity contribution in [3.63, 3.8) is 0 Å². The van der Waals surface area contributed by atoms with Crippen LogP contribution in [0, 0.1) is 0 Å². The molecule has 1 atom stereocenters. The fourth-order valence-electron chi connectivity index (χ4n) is 1.24. The van der Waals surface area contributed by atoms with Crippen molar-refractivity contribution in [2.45, 2.75) is 19.9 Å². The van der Waals surface area contributed by atoms with Crippen LogP contribution in [-0.2, 0) is 4.74 Å². The van der Waals surface area contributed by atoms with Gasteiger partial charge in [-0.2, -0.15) is 0 Å². The van der Waals surface area contributed by atoms with Crippen LogP contribution in [0.5, 0.6) is 0 Å². The maximum Gasteiger partial charge on any atom is 0.338 e. The highest BCUT2D eigenvalue weighted by Gasteiger charge is 2.10. The second kappa shape index (κ2) is 5.14. The minimum atomic E-state index is -0.365. The molecule has 0 radical (unpaired) electrons. The van der Waals surface area contributed by atoms with Gasteiger partial charge in [-0.1, -0.05) is 17.7 Å². The number of rotatable bonds is 3. The number of nitrogens with two attached hydrogens (primary N) is 1. The second-order valence-electron chi connectivity index (χ2n) is 3.25. The predicted molar refractivity (Wildman–Crippen MR) is 60.0 cm³/mol. The first kappa shape index (κ1) is 12.0. The highest BCUT2D eigenvalue weighted by molar-refractivity contribution is 6.31. The van der Waals surface area contributed by atoms with E-state index in [0.717, 1.165) is 5.56 Å². The van der Waals surface area contributed by atoms with E-state index in [9.17, 15) is 4.79 Å². The third kappa shape index (κ3) is 2.94. The van der Waals surface area contributed by atoms with Crippen LogP contribution in [0.1, 0.15) is 35.8 Å². The van der Waals surface area contributed by atoms with E-state index < -0.39 is 0 Å². The lowest BCUT2D eigenvalue weighted by Gasteiger charge is -2.09. The molecule has 0 saturated heterocycles. The van der Waals surface area contributed by atoms with E-state index in [-0.39, 0.29) is 12.0 Å². The van der Waals surface area contributed by atoms with Crippen LogP contribution in [0.25, 0.3) is 0 Å². The second-order valence-corrected chi connectivity index (χ2v) is 3.65. The lowest BCUT2D eigenvalue weighted by molar-refractivity contribution is 0.0526. The summed E-state index contributed by atoms with van der Waals surface area (Å²) in [6, 6.07) is 4.86. The van der Waals surface area contributed by atoms with E-state index in [2.05, 4.69) is 0 Å². The van der Waals surface area contributed by atoms with Gasteiger partial charge in [0.2, 0.25) is 0 Å². The largest absolute Gasteiger partial charge is 0.462 e. The first-order valence-electron chi connectivity index (χ1n) is 4.78. The Morgan fingerprint density at radius 2 is 2.27 bits per heavy atom. The molecule has 0 bridgehead atoms. The molecular weight excluding hydrogens is 214 g/mol. The minimum Gasteiger partial charge on any atom is -0.462 e. The van der Waals surface area contributed by atoms with E-state index in [1.165, 1.54) is 0 Å². The molecule has 1 aromatic carbocycles. The predicted octanol–water partition coefficient (Wildman–Crippen LogP) is 2.54. The number of hydrogen-bond donors (Lipinski definition) is 1. The SMILES string of the molecule is CCOC(=O)c1ccc([C@@H](C)N)c(Cl)c1. The average Bonchev–Trinajstić information content (AvgIpc) is 2.17. The van der Waals surface area contributed by atoms with E-state index in [4.69, 9.17) is 22.1 Å². The van der Waals surface area contributed by atoms with Crippen LogP contribution >= 0.6 is 11.6 Å². The molecule has 2 N–H and O–H groups in total. The maximum atomic E-state index is 11.4. The Morgan fingerprint density at radius 1 is 1.60 bits per heavy atom. The Morgan fingerprint density at radius 3 is 2.73 bits per heavy atom. The molecule has 0 unspecified atom stereocenters. The number of esters is 1. The monoisotopic (exact) mass is 227 g/mol. The molecular formula is C11H14ClNO2. The van der Waals surface area contributed by atoms with Crippen molar-refractivity contribution in [3.05, 3.63) is 34.3 Å². The van der Waals surface area contributed by atoms with Crippen molar-refractivity contribution >= 4 is 17.6 Å². The van der Waals surface area contributed by atoms with Crippen molar-refractivity contribution in [2.24, 2.45) is 5.73 Å². The van der Waals surface area contributed by atoms with E-state index in [1.54, 1.807) is 25.1 Å². The van der Waals surface area contributed by atoms with Crippen LogP contribution in [0.4, 0.5) is 0 Å². The molecule has 0 aliphatic rings. The van der Waals surface area contributed by atoms with Gasteiger partial charge in [0, 0.05) is 11.1 Å². The fraction of sp³-hybridized carbons (Fsp3) is 0.364. The topological polar surface area (TPSA) is 52.3 Å². The van der Waals surface area contributed by atoms with Gasteiger partial charge in [-0.25, -0.2) is 4.79 Å². The highest BCUT2D eigenvalue weighted by Crippen LogP contribution is 2.22. The molecule has 1 rings (SSSR count). The quantitative estimate of drug-likeness (QED) is 0.808. The van der Waals surface area contributed by atoms with Gasteiger partial charge in [0.15, 0.2) is 0 Å². The molecule has 82 valence electrons. The zero-order chi connectivity index (χ0) is 11.4. The van der Waals surface area contributed by atoms with Crippen LogP contribution in [0.2, 0.25) is 5.02 Å². The summed E-state index contributed by atoms with van der Waals surface area (Å²) in [5.74, 6) is -0.365. The number of carbonyl (C=O) groups is 1. The molecule has 0 aromatic heterocycles. The highest BCUT2D eigenvalue weighted by atomic mass is 35.5. The summed E-state index contributed by atoms with van der Waals surface area (Å²) in [6.07, 6.45) is 0. The third-order valence-electron chi connectivity index (χ3n) is 2.00. The van der Waals surface area contributed by atoms with Crippen molar-refractivity contribution in [2.75, 3.05) is 6.61 Å². The first-order valence-corrected chi connectivity index (χ1v) is 5.16. The lowest BCUT2D eigenvalue weighted by atomic mass is 10.1. The van der Waals surface area contributed by atoms with Crippen molar-refractivity contribution < 1.29 is 9.53 Å². The lowest BCUT2D eigenvalue weighted by Crippen LogP contribution is -2.08. The molecule has 0 saturated carbocycles. The van der Waals surface area contributed by atoms with Crippen molar-refractivity contribution in [1.29, 1.82) is 0 Å². The Balaban J connectivity index is 2.96. The molecule has 0 aliphatic carbocycles. The van der Waals surface area contributed by atoms with Crippen molar-refractivity contribution in [3.8, 4) is 0 Å². The molecule has 0 amide bonds. The molecule has 0 heterocycles. The van der Waals surface area contributed by atoms with Gasteiger partial charge in [0.25, 0.3) is 0 Å². The van der Waals surface area contributed by atoms with E-state index >= 15 is 0 Å². The van der Waals surface area contributed by atoms with Gasteiger partial charge < -0.3 is 10.5 Å². The van der Waals surface area contributed by atoms with Crippen molar-refractivity contribution in [1.82, 2.24) is 0 Å². The number of ether oxygens (including phenoxy) is 1. The van der Waals surface area contributed by atoms with E-state index in [1.807, 2.05) is 6.92 Å². The summed E-state index contributed by atoms with van der Waals surface area (Å²) in [5.41, 5.74) is 6.97. The molecule has 4 heteroatoms. The molecule has 0 aliphatic heterocycles. The summed E-state index contributed by atoms with van der Waals surface area (Å²) in [7, 11) is 0. The summed E-state index contributed by atoms with van der Waals surface area (Å²) in [6.45, 7) is 3.95. The smallest absolute Gasteiger partial charge is 0.338 e. The Kier molecular flexibility index (Phi) is 4.12. The zero-order valence-corrected chi connectivity index (χ0v) is 9.54. The summed E-state index contributed by atoms with van der Waals surface area (Å²) < 4.78 is 4.85.